The maximum absolute atomic E-state index is 11.6. The highest BCUT2D eigenvalue weighted by Gasteiger charge is 2.17. The van der Waals surface area contributed by atoms with E-state index in [1.54, 1.807) is 0 Å². The summed E-state index contributed by atoms with van der Waals surface area (Å²) in [4.78, 5) is 22.5. The number of aromatic nitrogens is 2. The van der Waals surface area contributed by atoms with Crippen LogP contribution in [0.1, 0.15) is 23.1 Å². The molecule has 1 aliphatic rings. The Bertz CT molecular complexity index is 697. The maximum atomic E-state index is 11.6. The largest absolute Gasteiger partial charge is 0.481 e. The van der Waals surface area contributed by atoms with Gasteiger partial charge in [0.25, 0.3) is 5.56 Å². The smallest absolute Gasteiger partial charge is 0.308 e. The van der Waals surface area contributed by atoms with Gasteiger partial charge in [-0.05, 0) is 36.5 Å². The fraction of sp³-hybridized carbons (Fsp3) is 0.286. The summed E-state index contributed by atoms with van der Waals surface area (Å²) in [5.41, 5.74) is 4.02. The predicted octanol–water partition coefficient (Wildman–Crippen LogP) is 1.49. The van der Waals surface area contributed by atoms with Gasteiger partial charge in [-0.2, -0.15) is 0 Å². The third-order valence-electron chi connectivity index (χ3n) is 3.59. The summed E-state index contributed by atoms with van der Waals surface area (Å²) in [5, 5.41) is 14.1. The number of fused-ring (bicyclic) bond motifs is 1. The highest BCUT2D eigenvalue weighted by Crippen LogP contribution is 2.28. The number of aromatic amines is 2. The molecule has 0 aliphatic heterocycles. The number of aliphatic carboxylic acids is 1. The number of carboxylic acids is 1. The normalized spacial score (nSPS) is 13.5. The Labute approximate surface area is 109 Å². The van der Waals surface area contributed by atoms with Crippen molar-refractivity contribution in [2.75, 3.05) is 0 Å². The van der Waals surface area contributed by atoms with Gasteiger partial charge >= 0.3 is 5.97 Å². The Morgan fingerprint density at radius 1 is 1.21 bits per heavy atom. The first-order valence-electron chi connectivity index (χ1n) is 6.28. The lowest BCUT2D eigenvalue weighted by atomic mass is 10.0. The van der Waals surface area contributed by atoms with E-state index in [-0.39, 0.29) is 17.5 Å². The molecule has 3 rings (SSSR count). The van der Waals surface area contributed by atoms with Crippen molar-refractivity contribution in [3.8, 4) is 11.3 Å². The Kier molecular flexibility index (Phi) is 2.74. The van der Waals surface area contributed by atoms with E-state index in [0.717, 1.165) is 24.8 Å². The van der Waals surface area contributed by atoms with Crippen LogP contribution in [0.3, 0.4) is 0 Å². The van der Waals surface area contributed by atoms with Crippen LogP contribution in [0.2, 0.25) is 0 Å². The number of hydrogen-bond donors (Lipinski definition) is 3. The molecule has 2 aromatic rings. The van der Waals surface area contributed by atoms with Crippen molar-refractivity contribution in [2.45, 2.75) is 25.7 Å². The molecule has 5 heteroatoms. The molecule has 0 bridgehead atoms. The molecule has 0 saturated carbocycles. The highest BCUT2D eigenvalue weighted by atomic mass is 16.4. The van der Waals surface area contributed by atoms with Crippen LogP contribution in [-0.2, 0) is 24.1 Å². The third kappa shape index (κ3) is 2.07. The van der Waals surface area contributed by atoms with Gasteiger partial charge < -0.3 is 5.11 Å². The van der Waals surface area contributed by atoms with E-state index >= 15 is 0 Å². The van der Waals surface area contributed by atoms with Crippen molar-refractivity contribution >= 4 is 5.97 Å². The van der Waals surface area contributed by atoms with Crippen LogP contribution < -0.4 is 5.56 Å². The lowest BCUT2D eigenvalue weighted by Crippen LogP contribution is -2.11. The van der Waals surface area contributed by atoms with Crippen LogP contribution in [-0.4, -0.2) is 21.3 Å². The zero-order valence-electron chi connectivity index (χ0n) is 10.3. The average molecular weight is 258 g/mol. The van der Waals surface area contributed by atoms with Crippen molar-refractivity contribution in [1.29, 1.82) is 0 Å². The molecular weight excluding hydrogens is 244 g/mol. The van der Waals surface area contributed by atoms with Crippen LogP contribution in [0, 0.1) is 0 Å². The molecule has 3 N–H and O–H groups in total. The summed E-state index contributed by atoms with van der Waals surface area (Å²) < 4.78 is 0. The first-order chi connectivity index (χ1) is 9.15. The van der Waals surface area contributed by atoms with E-state index < -0.39 is 5.97 Å². The number of benzene rings is 1. The SMILES string of the molecule is O=C(O)Cc1c(-c2ccc3c(c2)CCC3)[nH][nH]c1=O. The molecule has 1 heterocycles. The third-order valence-corrected chi connectivity index (χ3v) is 3.59. The van der Waals surface area contributed by atoms with E-state index in [2.05, 4.69) is 16.3 Å². The van der Waals surface area contributed by atoms with E-state index in [1.165, 1.54) is 11.1 Å². The summed E-state index contributed by atoms with van der Waals surface area (Å²) in [7, 11) is 0. The molecule has 0 spiro atoms. The van der Waals surface area contributed by atoms with Gasteiger partial charge in [0.15, 0.2) is 0 Å². The molecule has 0 radical (unpaired) electrons. The second kappa shape index (κ2) is 4.42. The van der Waals surface area contributed by atoms with Crippen LogP contribution >= 0.6 is 0 Å². The van der Waals surface area contributed by atoms with Gasteiger partial charge in [-0.1, -0.05) is 12.1 Å². The molecule has 19 heavy (non-hydrogen) atoms. The Hall–Kier alpha value is -2.30. The molecule has 0 amide bonds. The summed E-state index contributed by atoms with van der Waals surface area (Å²) >= 11 is 0. The molecule has 0 unspecified atom stereocenters. The summed E-state index contributed by atoms with van der Waals surface area (Å²) in [5.74, 6) is -1.01. The van der Waals surface area contributed by atoms with Crippen molar-refractivity contribution in [2.24, 2.45) is 0 Å². The predicted molar refractivity (Wildman–Crippen MR) is 70.2 cm³/mol. The molecule has 5 nitrogen and oxygen atoms in total. The number of aryl methyl sites for hydroxylation is 2. The van der Waals surface area contributed by atoms with Crippen molar-refractivity contribution < 1.29 is 9.90 Å². The van der Waals surface area contributed by atoms with Crippen LogP contribution in [0.15, 0.2) is 23.0 Å². The number of carboxylic acid groups (broad SMARTS) is 1. The molecule has 98 valence electrons. The average Bonchev–Trinajstić information content (AvgIpc) is 2.96. The molecule has 1 aliphatic carbocycles. The second-order valence-corrected chi connectivity index (χ2v) is 4.84. The fourth-order valence-corrected chi connectivity index (χ4v) is 2.68. The number of hydrogen-bond acceptors (Lipinski definition) is 2. The number of carbonyl (C=O) groups is 1. The van der Waals surface area contributed by atoms with E-state index in [9.17, 15) is 9.59 Å². The van der Waals surface area contributed by atoms with Crippen LogP contribution in [0.25, 0.3) is 11.3 Å². The number of H-pyrrole nitrogens is 2. The van der Waals surface area contributed by atoms with Crippen LogP contribution in [0.5, 0.6) is 0 Å². The molecule has 1 aromatic carbocycles. The zero-order valence-corrected chi connectivity index (χ0v) is 10.3. The van der Waals surface area contributed by atoms with Gasteiger partial charge in [-0.25, -0.2) is 0 Å². The molecular formula is C14H14N2O3. The van der Waals surface area contributed by atoms with Gasteiger partial charge in [0.1, 0.15) is 0 Å². The Morgan fingerprint density at radius 2 is 2.00 bits per heavy atom. The zero-order chi connectivity index (χ0) is 13.4. The summed E-state index contributed by atoms with van der Waals surface area (Å²) in [6.07, 6.45) is 3.03. The minimum Gasteiger partial charge on any atom is -0.481 e. The fourth-order valence-electron chi connectivity index (χ4n) is 2.68. The lowest BCUT2D eigenvalue weighted by Gasteiger charge is -2.04. The highest BCUT2D eigenvalue weighted by molar-refractivity contribution is 5.75. The first-order valence-corrected chi connectivity index (χ1v) is 6.28. The first kappa shape index (κ1) is 11.8. The van der Waals surface area contributed by atoms with Gasteiger partial charge in [0.2, 0.25) is 0 Å². The van der Waals surface area contributed by atoms with E-state index in [0.29, 0.717) is 5.69 Å². The van der Waals surface area contributed by atoms with Crippen molar-refractivity contribution in [1.82, 2.24) is 10.2 Å². The van der Waals surface area contributed by atoms with Crippen molar-refractivity contribution in [3.63, 3.8) is 0 Å². The standard InChI is InChI=1S/C14H14N2O3/c17-12(18)7-11-13(15-16-14(11)19)10-5-4-8-2-1-3-9(8)6-10/h4-6H,1-3,7H2,(H,17,18)(H2,15,16,19). The quantitative estimate of drug-likeness (QED) is 0.779. The van der Waals surface area contributed by atoms with Gasteiger partial charge in [0.05, 0.1) is 17.7 Å². The maximum Gasteiger partial charge on any atom is 0.308 e. The van der Waals surface area contributed by atoms with E-state index in [1.807, 2.05) is 12.1 Å². The van der Waals surface area contributed by atoms with Gasteiger partial charge in [-0.3, -0.25) is 19.8 Å². The topological polar surface area (TPSA) is 85.9 Å². The van der Waals surface area contributed by atoms with E-state index in [4.69, 9.17) is 5.11 Å². The number of nitrogens with one attached hydrogen (secondary N) is 2. The van der Waals surface area contributed by atoms with Gasteiger partial charge in [0, 0.05) is 5.56 Å². The molecule has 0 saturated heterocycles. The number of rotatable bonds is 3. The summed E-state index contributed by atoms with van der Waals surface area (Å²) in [6.45, 7) is 0. The minimum absolute atomic E-state index is 0.273. The minimum atomic E-state index is -1.01. The van der Waals surface area contributed by atoms with Crippen molar-refractivity contribution in [3.05, 3.63) is 45.2 Å². The summed E-state index contributed by atoms with van der Waals surface area (Å²) in [6, 6.07) is 6.05. The monoisotopic (exact) mass is 258 g/mol. The second-order valence-electron chi connectivity index (χ2n) is 4.84. The molecule has 0 fully saturated rings. The molecule has 0 atom stereocenters. The molecule has 1 aromatic heterocycles. The van der Waals surface area contributed by atoms with Gasteiger partial charge in [-0.15, -0.1) is 0 Å². The Morgan fingerprint density at radius 3 is 2.79 bits per heavy atom. The lowest BCUT2D eigenvalue weighted by molar-refractivity contribution is -0.136. The Balaban J connectivity index is 2.07. The van der Waals surface area contributed by atoms with Crippen LogP contribution in [0.4, 0.5) is 0 Å².